The van der Waals surface area contributed by atoms with Crippen molar-refractivity contribution >= 4 is 16.7 Å². The molecule has 2 saturated heterocycles. The quantitative estimate of drug-likeness (QED) is 0.730. The maximum absolute atomic E-state index is 14.8. The third-order valence-electron chi connectivity index (χ3n) is 6.37. The fourth-order valence-electron chi connectivity index (χ4n) is 4.70. The Hall–Kier alpha value is -2.67. The van der Waals surface area contributed by atoms with Crippen LogP contribution in [0.25, 0.3) is 22.2 Å². The highest BCUT2D eigenvalue weighted by Crippen LogP contribution is 2.36. The third-order valence-corrected chi connectivity index (χ3v) is 6.37. The summed E-state index contributed by atoms with van der Waals surface area (Å²) in [5, 5.41) is 14.8. The first-order valence-corrected chi connectivity index (χ1v) is 9.75. The molecule has 2 N–H and O–H groups in total. The normalized spacial score (nSPS) is 26.7. The highest BCUT2D eigenvalue weighted by molar-refractivity contribution is 5.92. The number of hydrogen-bond acceptors (Lipinski definition) is 5. The Kier molecular flexibility index (Phi) is 4.01. The molecule has 146 valence electrons. The number of nitrogens with zero attached hydrogens (tertiary/aromatic N) is 4. The number of phenols is 1. The molecule has 2 aromatic heterocycles. The Bertz CT molecular complexity index is 1020. The third kappa shape index (κ3) is 2.64. The van der Waals surface area contributed by atoms with E-state index in [0.717, 1.165) is 30.2 Å². The number of aryl methyl sites for hydroxylation is 1. The zero-order valence-electron chi connectivity index (χ0n) is 16.0. The number of fused-ring (bicyclic) bond motifs is 3. The summed E-state index contributed by atoms with van der Waals surface area (Å²) in [5.41, 5.74) is 2.20. The maximum Gasteiger partial charge on any atom is 0.147 e. The summed E-state index contributed by atoms with van der Waals surface area (Å²) in [6.45, 7) is 0. The molecule has 2 unspecified atom stereocenters. The molecule has 0 spiro atoms. The largest absolute Gasteiger partial charge is 0.507 e. The number of nitrogens with one attached hydrogen (secondary N) is 1. The van der Waals surface area contributed by atoms with E-state index in [1.807, 2.05) is 48.0 Å². The van der Waals surface area contributed by atoms with Gasteiger partial charge in [-0.1, -0.05) is 0 Å². The van der Waals surface area contributed by atoms with E-state index in [1.54, 1.807) is 12.4 Å². The molecule has 2 bridgehead atoms. The smallest absolute Gasteiger partial charge is 0.147 e. The van der Waals surface area contributed by atoms with Gasteiger partial charge in [0.25, 0.3) is 0 Å². The molecular weight excluding hydrogens is 357 g/mol. The van der Waals surface area contributed by atoms with Gasteiger partial charge in [0, 0.05) is 43.3 Å². The molecule has 0 aliphatic carbocycles. The number of aromatic nitrogens is 3. The Morgan fingerprint density at radius 3 is 2.86 bits per heavy atom. The molecular formula is C21H24FN5O. The van der Waals surface area contributed by atoms with E-state index in [2.05, 4.69) is 15.3 Å². The van der Waals surface area contributed by atoms with Gasteiger partial charge in [0.05, 0.1) is 29.6 Å². The monoisotopic (exact) mass is 381 g/mol. The van der Waals surface area contributed by atoms with Crippen molar-refractivity contribution < 1.29 is 9.50 Å². The zero-order valence-corrected chi connectivity index (χ0v) is 16.0. The zero-order chi connectivity index (χ0) is 19.4. The summed E-state index contributed by atoms with van der Waals surface area (Å²) in [6.07, 6.45) is 7.05. The lowest BCUT2D eigenvalue weighted by molar-refractivity contribution is 0.176. The fraction of sp³-hybridized carbons (Fsp3) is 0.429. The van der Waals surface area contributed by atoms with Gasteiger partial charge in [-0.2, -0.15) is 0 Å². The number of rotatable bonds is 3. The van der Waals surface area contributed by atoms with E-state index in [1.165, 1.54) is 0 Å². The Morgan fingerprint density at radius 2 is 2.07 bits per heavy atom. The van der Waals surface area contributed by atoms with Crippen molar-refractivity contribution in [1.82, 2.24) is 19.9 Å². The van der Waals surface area contributed by atoms with E-state index in [0.29, 0.717) is 23.1 Å². The molecule has 1 aromatic carbocycles. The van der Waals surface area contributed by atoms with Gasteiger partial charge in [-0.3, -0.25) is 4.98 Å². The van der Waals surface area contributed by atoms with Crippen molar-refractivity contribution in [3.63, 3.8) is 0 Å². The second kappa shape index (κ2) is 6.44. The summed E-state index contributed by atoms with van der Waals surface area (Å²) < 4.78 is 16.8. The van der Waals surface area contributed by atoms with Crippen LogP contribution in [0.5, 0.6) is 5.75 Å². The Balaban J connectivity index is 1.42. The number of alkyl halides is 1. The van der Waals surface area contributed by atoms with Crippen LogP contribution in [0, 0.1) is 0 Å². The predicted octanol–water partition coefficient (Wildman–Crippen LogP) is 3.01. The molecule has 0 saturated carbocycles. The lowest BCUT2D eigenvalue weighted by Gasteiger charge is -2.38. The molecule has 4 atom stereocenters. The first-order chi connectivity index (χ1) is 13.5. The van der Waals surface area contributed by atoms with Crippen LogP contribution in [0.2, 0.25) is 0 Å². The van der Waals surface area contributed by atoms with Crippen LogP contribution in [-0.4, -0.2) is 51.0 Å². The van der Waals surface area contributed by atoms with Crippen molar-refractivity contribution in [2.45, 2.75) is 43.6 Å². The van der Waals surface area contributed by atoms with Crippen molar-refractivity contribution in [1.29, 1.82) is 0 Å². The van der Waals surface area contributed by atoms with Crippen LogP contribution in [0.4, 0.5) is 10.2 Å². The molecule has 4 heterocycles. The fourth-order valence-corrected chi connectivity index (χ4v) is 4.70. The van der Waals surface area contributed by atoms with E-state index in [9.17, 15) is 9.50 Å². The van der Waals surface area contributed by atoms with E-state index < -0.39 is 6.17 Å². The van der Waals surface area contributed by atoms with Crippen molar-refractivity contribution in [3.05, 3.63) is 36.8 Å². The second-order valence-corrected chi connectivity index (χ2v) is 7.99. The molecule has 3 aromatic rings. The first kappa shape index (κ1) is 17.4. The topological polar surface area (TPSA) is 66.2 Å². The molecule has 28 heavy (non-hydrogen) atoms. The highest BCUT2D eigenvalue weighted by atomic mass is 19.1. The summed E-state index contributed by atoms with van der Waals surface area (Å²) in [6, 6.07) is 5.86. The lowest BCUT2D eigenvalue weighted by Crippen LogP contribution is -2.55. The number of piperidine rings is 1. The van der Waals surface area contributed by atoms with Crippen molar-refractivity contribution in [2.24, 2.45) is 7.05 Å². The van der Waals surface area contributed by atoms with E-state index >= 15 is 0 Å². The average Bonchev–Trinajstić information content (AvgIpc) is 3.29. The lowest BCUT2D eigenvalue weighted by atomic mass is 9.96. The summed E-state index contributed by atoms with van der Waals surface area (Å²) in [7, 11) is 3.83. The van der Waals surface area contributed by atoms with Crippen LogP contribution < -0.4 is 10.2 Å². The summed E-state index contributed by atoms with van der Waals surface area (Å²) in [5.74, 6) is 0.852. The number of aromatic hydroxyl groups is 1. The number of benzene rings is 1. The SMILES string of the molecule is CN(c1cnc(-c2ccc3c(ccn3C)c2O)cn1)[C@H]1CC2CCC(N2)[C@H]1F. The van der Waals surface area contributed by atoms with Gasteiger partial charge < -0.3 is 19.9 Å². The van der Waals surface area contributed by atoms with E-state index in [4.69, 9.17) is 0 Å². The predicted molar refractivity (Wildman–Crippen MR) is 107 cm³/mol. The van der Waals surface area contributed by atoms with Gasteiger partial charge in [-0.05, 0) is 37.5 Å². The van der Waals surface area contributed by atoms with Gasteiger partial charge >= 0.3 is 0 Å². The van der Waals surface area contributed by atoms with Gasteiger partial charge in [0.2, 0.25) is 0 Å². The molecule has 6 nitrogen and oxygen atoms in total. The molecule has 0 radical (unpaired) electrons. The Labute approximate surface area is 163 Å². The minimum Gasteiger partial charge on any atom is -0.507 e. The molecule has 5 rings (SSSR count). The van der Waals surface area contributed by atoms with E-state index in [-0.39, 0.29) is 17.8 Å². The summed E-state index contributed by atoms with van der Waals surface area (Å²) >= 11 is 0. The Morgan fingerprint density at radius 1 is 1.21 bits per heavy atom. The van der Waals surface area contributed by atoms with Crippen LogP contribution in [0.15, 0.2) is 36.8 Å². The van der Waals surface area contributed by atoms with Crippen LogP contribution >= 0.6 is 0 Å². The number of hydrogen-bond donors (Lipinski definition) is 2. The summed E-state index contributed by atoms with van der Waals surface area (Å²) in [4.78, 5) is 10.9. The first-order valence-electron chi connectivity index (χ1n) is 9.75. The number of anilines is 1. The molecule has 2 aliphatic heterocycles. The maximum atomic E-state index is 14.8. The number of halogens is 1. The van der Waals surface area contributed by atoms with Crippen molar-refractivity contribution in [2.75, 3.05) is 11.9 Å². The van der Waals surface area contributed by atoms with Crippen LogP contribution in [0.1, 0.15) is 19.3 Å². The average molecular weight is 381 g/mol. The van der Waals surface area contributed by atoms with Gasteiger partial charge in [-0.25, -0.2) is 9.37 Å². The minimum absolute atomic E-state index is 0.0482. The standard InChI is InChI=1S/C21H24FN5O/c1-26-8-7-14-17(26)6-4-13(21(14)28)16-10-24-19(11-23-16)27(2)18-9-12-3-5-15(25-12)20(18)22/h4,6-8,10-12,15,18,20,25,28H,3,5,9H2,1-2H3/t12?,15?,18-,20+/m0/s1. The molecule has 7 heteroatoms. The van der Waals surface area contributed by atoms with Gasteiger partial charge in [0.15, 0.2) is 0 Å². The van der Waals surface area contributed by atoms with Crippen LogP contribution in [-0.2, 0) is 7.05 Å². The molecule has 2 aliphatic rings. The minimum atomic E-state index is -0.908. The van der Waals surface area contributed by atoms with Gasteiger partial charge in [0.1, 0.15) is 17.7 Å². The molecule has 2 fully saturated rings. The van der Waals surface area contributed by atoms with Gasteiger partial charge in [-0.15, -0.1) is 0 Å². The van der Waals surface area contributed by atoms with Crippen LogP contribution in [0.3, 0.4) is 0 Å². The second-order valence-electron chi connectivity index (χ2n) is 7.99. The number of phenolic OH excluding ortho intramolecular Hbond substituents is 1. The van der Waals surface area contributed by atoms with Crippen molar-refractivity contribution in [3.8, 4) is 17.0 Å². The molecule has 0 amide bonds. The highest BCUT2D eigenvalue weighted by Gasteiger charge is 2.43.